The lowest BCUT2D eigenvalue weighted by Crippen LogP contribution is -2.51. The van der Waals surface area contributed by atoms with Crippen LogP contribution in [0.3, 0.4) is 0 Å². The van der Waals surface area contributed by atoms with Gasteiger partial charge in [0.05, 0.1) is 6.61 Å². The molecule has 0 aliphatic heterocycles. The Morgan fingerprint density at radius 3 is 3.15 bits per heavy atom. The molecule has 2 rings (SSSR count). The van der Waals surface area contributed by atoms with Crippen molar-refractivity contribution in [3.63, 3.8) is 0 Å². The normalized spacial score (nSPS) is 25.8. The fourth-order valence-corrected chi connectivity index (χ4v) is 4.49. The van der Waals surface area contributed by atoms with Gasteiger partial charge in [-0.1, -0.05) is 18.7 Å². The molecule has 1 aliphatic rings. The van der Waals surface area contributed by atoms with Gasteiger partial charge < -0.3 is 10.1 Å². The standard InChI is InChI=1S/C13H21N3O2S2/c1-3-7-15-13(11(17)18-4-2)6-5-10(8-13)19-12-14-9-16-20-12/h9-10,15H,3-8H2,1-2H3. The molecule has 1 aromatic heterocycles. The van der Waals surface area contributed by atoms with E-state index in [1.54, 1.807) is 18.1 Å². The Bertz CT molecular complexity index is 427. The molecule has 1 aromatic rings. The van der Waals surface area contributed by atoms with Crippen LogP contribution < -0.4 is 5.32 Å². The summed E-state index contributed by atoms with van der Waals surface area (Å²) in [7, 11) is 0. The number of carbonyl (C=O) groups is 1. The fourth-order valence-electron chi connectivity index (χ4n) is 2.51. The second-order valence-electron chi connectivity index (χ2n) is 4.92. The number of esters is 1. The van der Waals surface area contributed by atoms with E-state index in [0.717, 1.165) is 36.6 Å². The van der Waals surface area contributed by atoms with Gasteiger partial charge in [-0.3, -0.25) is 4.79 Å². The highest BCUT2D eigenvalue weighted by Crippen LogP contribution is 2.41. The van der Waals surface area contributed by atoms with Crippen LogP contribution in [0.15, 0.2) is 10.7 Å². The molecule has 112 valence electrons. The predicted octanol–water partition coefficient (Wildman–Crippen LogP) is 2.48. The van der Waals surface area contributed by atoms with E-state index in [2.05, 4.69) is 21.6 Å². The molecule has 1 heterocycles. The van der Waals surface area contributed by atoms with Gasteiger partial charge in [0.25, 0.3) is 0 Å². The van der Waals surface area contributed by atoms with Crippen molar-refractivity contribution < 1.29 is 9.53 Å². The summed E-state index contributed by atoms with van der Waals surface area (Å²) in [6.45, 7) is 5.24. The lowest BCUT2D eigenvalue weighted by atomic mass is 9.97. The Kier molecular flexibility index (Phi) is 5.80. The number of thioether (sulfide) groups is 1. The average Bonchev–Trinajstić information content (AvgIpc) is 3.08. The van der Waals surface area contributed by atoms with Crippen LogP contribution in [0.2, 0.25) is 0 Å². The van der Waals surface area contributed by atoms with E-state index in [1.165, 1.54) is 11.5 Å². The van der Waals surface area contributed by atoms with E-state index in [1.807, 2.05) is 6.92 Å². The van der Waals surface area contributed by atoms with Gasteiger partial charge in [0.15, 0.2) is 4.34 Å². The van der Waals surface area contributed by atoms with Crippen molar-refractivity contribution >= 4 is 29.3 Å². The topological polar surface area (TPSA) is 64.1 Å². The highest BCUT2D eigenvalue weighted by molar-refractivity contribution is 8.01. The van der Waals surface area contributed by atoms with Crippen molar-refractivity contribution in [2.75, 3.05) is 13.2 Å². The maximum atomic E-state index is 12.3. The van der Waals surface area contributed by atoms with Crippen LogP contribution in [0.4, 0.5) is 0 Å². The molecular formula is C13H21N3O2S2. The third-order valence-corrected chi connectivity index (χ3v) is 5.47. The van der Waals surface area contributed by atoms with Crippen molar-refractivity contribution in [1.82, 2.24) is 14.7 Å². The minimum atomic E-state index is -0.506. The van der Waals surface area contributed by atoms with Crippen molar-refractivity contribution in [3.05, 3.63) is 6.33 Å². The van der Waals surface area contributed by atoms with Gasteiger partial charge in [-0.05, 0) is 50.7 Å². The fraction of sp³-hybridized carbons (Fsp3) is 0.769. The molecule has 0 radical (unpaired) electrons. The van der Waals surface area contributed by atoms with Crippen molar-refractivity contribution in [2.24, 2.45) is 0 Å². The first-order valence-corrected chi connectivity index (χ1v) is 8.71. The van der Waals surface area contributed by atoms with Gasteiger partial charge >= 0.3 is 5.97 Å². The van der Waals surface area contributed by atoms with Gasteiger partial charge in [0.2, 0.25) is 0 Å². The van der Waals surface area contributed by atoms with E-state index >= 15 is 0 Å². The molecule has 7 heteroatoms. The lowest BCUT2D eigenvalue weighted by molar-refractivity contribution is -0.151. The maximum Gasteiger partial charge on any atom is 0.326 e. The van der Waals surface area contributed by atoms with Gasteiger partial charge in [-0.25, -0.2) is 4.98 Å². The zero-order chi connectivity index (χ0) is 14.4. The number of carbonyl (C=O) groups excluding carboxylic acids is 1. The summed E-state index contributed by atoms with van der Waals surface area (Å²) in [6, 6.07) is 0. The van der Waals surface area contributed by atoms with E-state index in [4.69, 9.17) is 4.74 Å². The van der Waals surface area contributed by atoms with Crippen molar-refractivity contribution in [3.8, 4) is 0 Å². The molecule has 2 atom stereocenters. The van der Waals surface area contributed by atoms with Crippen LogP contribution >= 0.6 is 23.3 Å². The smallest absolute Gasteiger partial charge is 0.326 e. The molecule has 1 saturated carbocycles. The summed E-state index contributed by atoms with van der Waals surface area (Å²) in [5.74, 6) is -0.103. The monoisotopic (exact) mass is 315 g/mol. The molecule has 0 aromatic carbocycles. The maximum absolute atomic E-state index is 12.3. The Labute approximate surface area is 128 Å². The Morgan fingerprint density at radius 1 is 1.65 bits per heavy atom. The number of nitrogens with zero attached hydrogens (tertiary/aromatic N) is 2. The molecule has 20 heavy (non-hydrogen) atoms. The number of aromatic nitrogens is 2. The van der Waals surface area contributed by atoms with Crippen LogP contribution in [-0.4, -0.2) is 39.3 Å². The van der Waals surface area contributed by atoms with E-state index < -0.39 is 5.54 Å². The molecule has 0 amide bonds. The summed E-state index contributed by atoms with van der Waals surface area (Å²) in [5, 5.41) is 3.82. The number of hydrogen-bond acceptors (Lipinski definition) is 7. The quantitative estimate of drug-likeness (QED) is 0.780. The van der Waals surface area contributed by atoms with Crippen LogP contribution in [0, 0.1) is 0 Å². The lowest BCUT2D eigenvalue weighted by Gasteiger charge is -2.28. The van der Waals surface area contributed by atoms with Crippen LogP contribution in [0.25, 0.3) is 0 Å². The van der Waals surface area contributed by atoms with Gasteiger partial charge in [0, 0.05) is 5.25 Å². The number of rotatable bonds is 7. The van der Waals surface area contributed by atoms with E-state index in [9.17, 15) is 4.79 Å². The summed E-state index contributed by atoms with van der Waals surface area (Å²) in [4.78, 5) is 16.5. The van der Waals surface area contributed by atoms with E-state index in [0.29, 0.717) is 11.9 Å². The second kappa shape index (κ2) is 7.38. The molecular weight excluding hydrogens is 294 g/mol. The number of nitrogens with one attached hydrogen (secondary N) is 1. The zero-order valence-corrected chi connectivity index (χ0v) is 13.6. The second-order valence-corrected chi connectivity index (χ2v) is 7.25. The Morgan fingerprint density at radius 2 is 2.50 bits per heavy atom. The Hall–Kier alpha value is -0.660. The summed E-state index contributed by atoms with van der Waals surface area (Å²) < 4.78 is 10.3. The van der Waals surface area contributed by atoms with Crippen LogP contribution in [-0.2, 0) is 9.53 Å². The highest BCUT2D eigenvalue weighted by Gasteiger charge is 2.46. The van der Waals surface area contributed by atoms with Gasteiger partial charge in [-0.2, -0.15) is 4.37 Å². The first-order chi connectivity index (χ1) is 9.70. The first kappa shape index (κ1) is 15.7. The molecule has 1 N–H and O–H groups in total. The number of hydrogen-bond donors (Lipinski definition) is 1. The van der Waals surface area contributed by atoms with Crippen molar-refractivity contribution in [2.45, 2.75) is 54.7 Å². The third kappa shape index (κ3) is 3.71. The minimum absolute atomic E-state index is 0.103. The third-order valence-electron chi connectivity index (χ3n) is 3.46. The summed E-state index contributed by atoms with van der Waals surface area (Å²) in [5.41, 5.74) is -0.506. The molecule has 1 aliphatic carbocycles. The SMILES string of the molecule is CCCNC1(C(=O)OCC)CCC(Sc2ncns2)C1. The molecule has 0 bridgehead atoms. The van der Waals surface area contributed by atoms with Crippen molar-refractivity contribution in [1.29, 1.82) is 0 Å². The molecule has 5 nitrogen and oxygen atoms in total. The molecule has 1 fully saturated rings. The van der Waals surface area contributed by atoms with E-state index in [-0.39, 0.29) is 5.97 Å². The number of ether oxygens (including phenoxy) is 1. The van der Waals surface area contributed by atoms with Gasteiger partial charge in [-0.15, -0.1) is 0 Å². The molecule has 0 saturated heterocycles. The summed E-state index contributed by atoms with van der Waals surface area (Å²) >= 11 is 3.14. The minimum Gasteiger partial charge on any atom is -0.465 e. The van der Waals surface area contributed by atoms with Crippen LogP contribution in [0.1, 0.15) is 39.5 Å². The predicted molar refractivity (Wildman–Crippen MR) is 81.1 cm³/mol. The average molecular weight is 315 g/mol. The molecule has 0 spiro atoms. The van der Waals surface area contributed by atoms with Crippen LogP contribution in [0.5, 0.6) is 0 Å². The highest BCUT2D eigenvalue weighted by atomic mass is 32.2. The summed E-state index contributed by atoms with van der Waals surface area (Å²) in [6.07, 6.45) is 5.23. The zero-order valence-electron chi connectivity index (χ0n) is 11.9. The largest absolute Gasteiger partial charge is 0.465 e. The first-order valence-electron chi connectivity index (χ1n) is 7.05. The molecule has 2 unspecified atom stereocenters. The van der Waals surface area contributed by atoms with Gasteiger partial charge in [0.1, 0.15) is 11.9 Å². The Balaban J connectivity index is 2.00.